The topological polar surface area (TPSA) is 63.0 Å². The molecule has 0 atom stereocenters. The van der Waals surface area contributed by atoms with Gasteiger partial charge in [-0.15, -0.1) is 0 Å². The van der Waals surface area contributed by atoms with Crippen molar-refractivity contribution in [3.8, 4) is 0 Å². The molecule has 0 unspecified atom stereocenters. The highest BCUT2D eigenvalue weighted by molar-refractivity contribution is 7.22. The van der Waals surface area contributed by atoms with E-state index in [2.05, 4.69) is 28.9 Å². The number of hydrogen-bond donors (Lipinski definition) is 0. The number of aromatic nitrogens is 3. The first kappa shape index (κ1) is 20.1. The van der Waals surface area contributed by atoms with Gasteiger partial charge < -0.3 is 4.74 Å². The van der Waals surface area contributed by atoms with Gasteiger partial charge >= 0.3 is 0 Å². The van der Waals surface area contributed by atoms with E-state index in [4.69, 9.17) is 9.72 Å². The van der Waals surface area contributed by atoms with Crippen LogP contribution < -0.4 is 4.90 Å². The number of anilines is 1. The monoisotopic (exact) mass is 435 g/mol. The fraction of sp³-hybridized carbons (Fsp3) is 0.348. The van der Waals surface area contributed by atoms with E-state index in [9.17, 15) is 4.79 Å². The molecule has 1 amide bonds. The lowest BCUT2D eigenvalue weighted by Gasteiger charge is -2.29. The Labute approximate surface area is 184 Å². The highest BCUT2D eigenvalue weighted by atomic mass is 32.1. The minimum absolute atomic E-state index is 0.0692. The van der Waals surface area contributed by atoms with Crippen LogP contribution in [0.2, 0.25) is 0 Å². The summed E-state index contributed by atoms with van der Waals surface area (Å²) in [5, 5.41) is 0.726. The molecule has 1 fully saturated rings. The summed E-state index contributed by atoms with van der Waals surface area (Å²) in [4.78, 5) is 27.4. The summed E-state index contributed by atoms with van der Waals surface area (Å²) in [7, 11) is 0. The van der Waals surface area contributed by atoms with Crippen molar-refractivity contribution in [1.82, 2.24) is 19.3 Å². The zero-order valence-electron chi connectivity index (χ0n) is 17.7. The number of thiazole rings is 1. The van der Waals surface area contributed by atoms with Crippen molar-refractivity contribution in [1.29, 1.82) is 0 Å². The quantitative estimate of drug-likeness (QED) is 0.480. The van der Waals surface area contributed by atoms with Gasteiger partial charge in [-0.05, 0) is 43.7 Å². The van der Waals surface area contributed by atoms with E-state index in [0.717, 1.165) is 59.5 Å². The largest absolute Gasteiger partial charge is 0.379 e. The average Bonchev–Trinajstić information content (AvgIpc) is 3.34. The number of nitrogens with zero attached hydrogens (tertiary/aromatic N) is 5. The highest BCUT2D eigenvalue weighted by Gasteiger charge is 2.27. The fourth-order valence-corrected chi connectivity index (χ4v) is 5.07. The minimum atomic E-state index is -0.0692. The SMILES string of the molecule is Cc1ccc2nc(N(CCN3CCOCC3)C(=O)c3c(C)nc4ccccn34)sc2c1. The molecule has 0 bridgehead atoms. The first-order valence-corrected chi connectivity index (χ1v) is 11.3. The molecule has 4 heterocycles. The van der Waals surface area contributed by atoms with Crippen LogP contribution in [0.15, 0.2) is 42.6 Å². The first-order valence-electron chi connectivity index (χ1n) is 10.5. The molecule has 1 aromatic carbocycles. The number of hydrogen-bond acceptors (Lipinski definition) is 6. The van der Waals surface area contributed by atoms with Crippen LogP contribution >= 0.6 is 11.3 Å². The Morgan fingerprint density at radius 2 is 2.00 bits per heavy atom. The van der Waals surface area contributed by atoms with Crippen LogP contribution in [0.1, 0.15) is 21.7 Å². The Balaban J connectivity index is 1.53. The van der Waals surface area contributed by atoms with Gasteiger partial charge in [-0.25, -0.2) is 9.97 Å². The molecular formula is C23H25N5O2S. The molecule has 3 aromatic heterocycles. The van der Waals surface area contributed by atoms with Gasteiger partial charge in [-0.2, -0.15) is 0 Å². The van der Waals surface area contributed by atoms with Crippen LogP contribution in [0.5, 0.6) is 0 Å². The third-order valence-electron chi connectivity index (χ3n) is 5.66. The van der Waals surface area contributed by atoms with Crippen LogP contribution in [0, 0.1) is 13.8 Å². The molecule has 0 radical (unpaired) electrons. The third-order valence-corrected chi connectivity index (χ3v) is 6.70. The van der Waals surface area contributed by atoms with Gasteiger partial charge in [0.2, 0.25) is 0 Å². The van der Waals surface area contributed by atoms with E-state index >= 15 is 0 Å². The summed E-state index contributed by atoms with van der Waals surface area (Å²) in [5.74, 6) is -0.0692. The van der Waals surface area contributed by atoms with Crippen molar-refractivity contribution in [3.05, 3.63) is 59.5 Å². The predicted octanol–water partition coefficient (Wildman–Crippen LogP) is 3.54. The molecule has 7 nitrogen and oxygen atoms in total. The lowest BCUT2D eigenvalue weighted by atomic mass is 10.2. The number of benzene rings is 1. The molecule has 4 aromatic rings. The first-order chi connectivity index (χ1) is 15.1. The number of fused-ring (bicyclic) bond motifs is 2. The molecule has 1 saturated heterocycles. The lowest BCUT2D eigenvalue weighted by Crippen LogP contribution is -2.43. The van der Waals surface area contributed by atoms with E-state index in [1.807, 2.05) is 46.7 Å². The molecule has 0 aliphatic carbocycles. The number of ether oxygens (including phenoxy) is 1. The maximum absolute atomic E-state index is 13.8. The predicted molar refractivity (Wildman–Crippen MR) is 123 cm³/mol. The number of aryl methyl sites for hydroxylation is 2. The summed E-state index contributed by atoms with van der Waals surface area (Å²) in [6, 6.07) is 12.0. The molecule has 0 N–H and O–H groups in total. The number of rotatable bonds is 5. The summed E-state index contributed by atoms with van der Waals surface area (Å²) in [5.41, 5.74) is 4.20. The number of imidazole rings is 1. The normalized spacial score (nSPS) is 15.0. The summed E-state index contributed by atoms with van der Waals surface area (Å²) in [6.45, 7) is 8.55. The van der Waals surface area contributed by atoms with Gasteiger partial charge in [0.1, 0.15) is 11.3 Å². The van der Waals surface area contributed by atoms with Crippen LogP contribution in [0.3, 0.4) is 0 Å². The van der Waals surface area contributed by atoms with E-state index < -0.39 is 0 Å². The summed E-state index contributed by atoms with van der Waals surface area (Å²) < 4.78 is 8.43. The Hall–Kier alpha value is -2.81. The van der Waals surface area contributed by atoms with Crippen molar-refractivity contribution in [2.45, 2.75) is 13.8 Å². The molecule has 0 saturated carbocycles. The second kappa shape index (κ2) is 8.37. The highest BCUT2D eigenvalue weighted by Crippen LogP contribution is 2.31. The minimum Gasteiger partial charge on any atom is -0.379 e. The van der Waals surface area contributed by atoms with Crippen molar-refractivity contribution >= 4 is 38.2 Å². The maximum Gasteiger partial charge on any atom is 0.279 e. The van der Waals surface area contributed by atoms with Crippen molar-refractivity contribution in [2.75, 3.05) is 44.3 Å². The molecule has 160 valence electrons. The standard InChI is InChI=1S/C23H25N5O2S/c1-16-6-7-18-19(15-16)31-23(25-18)28(10-9-26-11-13-30-14-12-26)22(29)21-17(2)24-20-5-3-4-8-27(20)21/h3-8,15H,9-14H2,1-2H3. The van der Waals surface area contributed by atoms with Crippen LogP contribution in [-0.2, 0) is 4.74 Å². The van der Waals surface area contributed by atoms with Gasteiger partial charge in [0.15, 0.2) is 5.13 Å². The Bertz CT molecular complexity index is 1240. The van der Waals surface area contributed by atoms with E-state index in [0.29, 0.717) is 12.2 Å². The van der Waals surface area contributed by atoms with Crippen molar-refractivity contribution in [3.63, 3.8) is 0 Å². The lowest BCUT2D eigenvalue weighted by molar-refractivity contribution is 0.0391. The molecule has 1 aliphatic heterocycles. The van der Waals surface area contributed by atoms with Gasteiger partial charge in [0.25, 0.3) is 5.91 Å². The van der Waals surface area contributed by atoms with E-state index in [1.165, 1.54) is 5.56 Å². The number of amides is 1. The Morgan fingerprint density at radius 1 is 1.16 bits per heavy atom. The maximum atomic E-state index is 13.8. The number of carbonyl (C=O) groups is 1. The fourth-order valence-electron chi connectivity index (χ4n) is 3.98. The molecule has 1 aliphatic rings. The molecule has 0 spiro atoms. The van der Waals surface area contributed by atoms with Gasteiger partial charge in [-0.3, -0.25) is 19.0 Å². The number of morpholine rings is 1. The van der Waals surface area contributed by atoms with Crippen molar-refractivity contribution in [2.24, 2.45) is 0 Å². The summed E-state index contributed by atoms with van der Waals surface area (Å²) in [6.07, 6.45) is 1.89. The zero-order valence-corrected chi connectivity index (χ0v) is 18.6. The van der Waals surface area contributed by atoms with Gasteiger partial charge in [0.05, 0.1) is 29.1 Å². The molecule has 5 rings (SSSR count). The van der Waals surface area contributed by atoms with E-state index in [-0.39, 0.29) is 5.91 Å². The molecule has 31 heavy (non-hydrogen) atoms. The smallest absolute Gasteiger partial charge is 0.279 e. The van der Waals surface area contributed by atoms with E-state index in [1.54, 1.807) is 11.3 Å². The number of pyridine rings is 1. The van der Waals surface area contributed by atoms with Crippen LogP contribution in [-0.4, -0.2) is 64.6 Å². The second-order valence-electron chi connectivity index (χ2n) is 7.85. The van der Waals surface area contributed by atoms with Crippen LogP contribution in [0.25, 0.3) is 15.9 Å². The van der Waals surface area contributed by atoms with Crippen LogP contribution in [0.4, 0.5) is 5.13 Å². The molecular weight excluding hydrogens is 410 g/mol. The zero-order chi connectivity index (χ0) is 21.4. The number of carbonyl (C=O) groups excluding carboxylic acids is 1. The Morgan fingerprint density at radius 3 is 2.84 bits per heavy atom. The third kappa shape index (κ3) is 3.94. The van der Waals surface area contributed by atoms with Gasteiger partial charge in [0, 0.05) is 32.4 Å². The second-order valence-corrected chi connectivity index (χ2v) is 8.86. The Kier molecular flexibility index (Phi) is 5.43. The van der Waals surface area contributed by atoms with Crippen molar-refractivity contribution < 1.29 is 9.53 Å². The summed E-state index contributed by atoms with van der Waals surface area (Å²) >= 11 is 1.56. The average molecular weight is 436 g/mol. The molecule has 8 heteroatoms. The van der Waals surface area contributed by atoms with Gasteiger partial charge in [-0.1, -0.05) is 23.5 Å².